The third-order valence-electron chi connectivity index (χ3n) is 6.97. The van der Waals surface area contributed by atoms with Crippen molar-refractivity contribution in [1.29, 1.82) is 0 Å². The third kappa shape index (κ3) is 3.47. The van der Waals surface area contributed by atoms with Crippen LogP contribution in [0.1, 0.15) is 78.1 Å². The van der Waals surface area contributed by atoms with Crippen molar-refractivity contribution in [2.45, 2.75) is 84.2 Å². The Kier molecular flexibility index (Phi) is 4.66. The highest BCUT2D eigenvalue weighted by Crippen LogP contribution is 2.45. The molecule has 0 radical (unpaired) electrons. The summed E-state index contributed by atoms with van der Waals surface area (Å²) in [5, 5.41) is 10.6. The Labute approximate surface area is 131 Å². The molecule has 0 aromatic carbocycles. The summed E-state index contributed by atoms with van der Waals surface area (Å²) >= 11 is 0. The number of aliphatic hydroxyl groups is 1. The van der Waals surface area contributed by atoms with E-state index in [2.05, 4.69) is 18.7 Å². The van der Waals surface area contributed by atoms with Crippen molar-refractivity contribution in [2.75, 3.05) is 19.6 Å². The molecule has 0 aromatic heterocycles. The van der Waals surface area contributed by atoms with Crippen LogP contribution in [0.5, 0.6) is 0 Å². The maximum absolute atomic E-state index is 10.6. The summed E-state index contributed by atoms with van der Waals surface area (Å²) in [5.74, 6) is 0.508. The maximum Gasteiger partial charge on any atom is 0.0631 e. The van der Waals surface area contributed by atoms with E-state index in [9.17, 15) is 5.11 Å². The number of likely N-dealkylation sites (tertiary alicyclic amines) is 1. The second-order valence-electron chi connectivity index (χ2n) is 8.95. The van der Waals surface area contributed by atoms with Gasteiger partial charge in [0.2, 0.25) is 0 Å². The Morgan fingerprint density at radius 2 is 1.57 bits per heavy atom. The SMILES string of the molecule is CC1(C)CCCC(CN2CCC3(CCCCC3)CC2)C1O. The van der Waals surface area contributed by atoms with Crippen molar-refractivity contribution in [3.8, 4) is 0 Å². The van der Waals surface area contributed by atoms with Gasteiger partial charge in [-0.1, -0.05) is 39.5 Å². The summed E-state index contributed by atoms with van der Waals surface area (Å²) < 4.78 is 0. The summed E-state index contributed by atoms with van der Waals surface area (Å²) in [4.78, 5) is 2.66. The van der Waals surface area contributed by atoms with Crippen molar-refractivity contribution >= 4 is 0 Å². The fourth-order valence-electron chi connectivity index (χ4n) is 5.30. The van der Waals surface area contributed by atoms with Gasteiger partial charge in [-0.3, -0.25) is 0 Å². The minimum atomic E-state index is -0.100. The number of hydrogen-bond acceptors (Lipinski definition) is 2. The van der Waals surface area contributed by atoms with Crippen LogP contribution in [0.25, 0.3) is 0 Å². The summed E-state index contributed by atoms with van der Waals surface area (Å²) in [6, 6.07) is 0. The molecule has 1 spiro atoms. The van der Waals surface area contributed by atoms with Crippen LogP contribution < -0.4 is 0 Å². The van der Waals surface area contributed by atoms with Gasteiger partial charge in [-0.15, -0.1) is 0 Å². The molecular weight excluding hydrogens is 258 g/mol. The molecule has 2 atom stereocenters. The molecule has 1 saturated heterocycles. The molecule has 2 unspecified atom stereocenters. The number of piperidine rings is 1. The molecule has 2 heteroatoms. The largest absolute Gasteiger partial charge is 0.392 e. The highest BCUT2D eigenvalue weighted by molar-refractivity contribution is 4.92. The van der Waals surface area contributed by atoms with E-state index in [0.717, 1.165) is 6.54 Å². The zero-order valence-electron chi connectivity index (χ0n) is 14.2. The van der Waals surface area contributed by atoms with E-state index in [1.54, 1.807) is 0 Å². The molecule has 1 heterocycles. The van der Waals surface area contributed by atoms with E-state index in [1.807, 2.05) is 0 Å². The van der Waals surface area contributed by atoms with Crippen LogP contribution in [0.3, 0.4) is 0 Å². The molecule has 1 N–H and O–H groups in total. The van der Waals surface area contributed by atoms with Gasteiger partial charge >= 0.3 is 0 Å². The van der Waals surface area contributed by atoms with Crippen LogP contribution in [0.4, 0.5) is 0 Å². The van der Waals surface area contributed by atoms with Crippen LogP contribution in [0.15, 0.2) is 0 Å². The van der Waals surface area contributed by atoms with E-state index in [-0.39, 0.29) is 11.5 Å². The molecule has 3 aliphatic rings. The van der Waals surface area contributed by atoms with E-state index < -0.39 is 0 Å². The minimum Gasteiger partial charge on any atom is -0.392 e. The van der Waals surface area contributed by atoms with Gasteiger partial charge in [-0.2, -0.15) is 0 Å². The minimum absolute atomic E-state index is 0.100. The zero-order chi connectivity index (χ0) is 14.9. The van der Waals surface area contributed by atoms with Gasteiger partial charge in [-0.05, 0) is 68.4 Å². The van der Waals surface area contributed by atoms with Gasteiger partial charge in [0.15, 0.2) is 0 Å². The van der Waals surface area contributed by atoms with Gasteiger partial charge in [0.1, 0.15) is 0 Å². The fourth-order valence-corrected chi connectivity index (χ4v) is 5.30. The number of rotatable bonds is 2. The fraction of sp³-hybridized carbons (Fsp3) is 1.00. The van der Waals surface area contributed by atoms with Crippen LogP contribution in [-0.4, -0.2) is 35.7 Å². The number of nitrogens with zero attached hydrogens (tertiary/aromatic N) is 1. The van der Waals surface area contributed by atoms with Crippen molar-refractivity contribution in [2.24, 2.45) is 16.7 Å². The van der Waals surface area contributed by atoms with E-state index in [0.29, 0.717) is 11.3 Å². The molecular formula is C19H35NO. The molecule has 122 valence electrons. The molecule has 3 fully saturated rings. The first-order chi connectivity index (χ1) is 10.0. The molecule has 1 aliphatic heterocycles. The molecule has 0 aromatic rings. The van der Waals surface area contributed by atoms with Gasteiger partial charge in [0, 0.05) is 6.54 Å². The predicted octanol–water partition coefficient (Wildman–Crippen LogP) is 4.22. The first-order valence-corrected chi connectivity index (χ1v) is 9.41. The Morgan fingerprint density at radius 1 is 0.905 bits per heavy atom. The lowest BCUT2D eigenvalue weighted by Crippen LogP contribution is -2.48. The Bertz CT molecular complexity index is 335. The molecule has 2 nitrogen and oxygen atoms in total. The van der Waals surface area contributed by atoms with Crippen LogP contribution >= 0.6 is 0 Å². The van der Waals surface area contributed by atoms with E-state index in [1.165, 1.54) is 77.3 Å². The first kappa shape index (κ1) is 15.8. The van der Waals surface area contributed by atoms with Gasteiger partial charge < -0.3 is 10.0 Å². The van der Waals surface area contributed by atoms with Crippen molar-refractivity contribution in [3.05, 3.63) is 0 Å². The molecule has 3 rings (SSSR count). The average Bonchev–Trinajstić information content (AvgIpc) is 2.47. The number of hydrogen-bond donors (Lipinski definition) is 1. The highest BCUT2D eigenvalue weighted by Gasteiger charge is 2.40. The number of aliphatic hydroxyl groups excluding tert-OH is 1. The van der Waals surface area contributed by atoms with Gasteiger partial charge in [0.05, 0.1) is 6.10 Å². The smallest absolute Gasteiger partial charge is 0.0631 e. The lowest BCUT2D eigenvalue weighted by molar-refractivity contribution is -0.0496. The normalized spacial score (nSPS) is 36.7. The Balaban J connectivity index is 1.51. The second-order valence-corrected chi connectivity index (χ2v) is 8.95. The zero-order valence-corrected chi connectivity index (χ0v) is 14.2. The standard InChI is InChI=1S/C19H35NO/c1-18(2)8-6-7-16(17(18)21)15-20-13-11-19(12-14-20)9-4-3-5-10-19/h16-17,21H,3-15H2,1-2H3. The van der Waals surface area contributed by atoms with Crippen molar-refractivity contribution < 1.29 is 5.11 Å². The van der Waals surface area contributed by atoms with E-state index >= 15 is 0 Å². The first-order valence-electron chi connectivity index (χ1n) is 9.41. The summed E-state index contributed by atoms with van der Waals surface area (Å²) in [6.45, 7) is 8.20. The highest BCUT2D eigenvalue weighted by atomic mass is 16.3. The maximum atomic E-state index is 10.6. The summed E-state index contributed by atoms with van der Waals surface area (Å²) in [6.07, 6.45) is 13.8. The van der Waals surface area contributed by atoms with Crippen molar-refractivity contribution in [1.82, 2.24) is 4.90 Å². The second kappa shape index (κ2) is 6.20. The average molecular weight is 293 g/mol. The lowest BCUT2D eigenvalue weighted by atomic mass is 9.67. The van der Waals surface area contributed by atoms with Crippen LogP contribution in [0.2, 0.25) is 0 Å². The molecule has 0 bridgehead atoms. The van der Waals surface area contributed by atoms with Crippen LogP contribution in [-0.2, 0) is 0 Å². The molecule has 2 saturated carbocycles. The van der Waals surface area contributed by atoms with Crippen LogP contribution in [0, 0.1) is 16.7 Å². The van der Waals surface area contributed by atoms with E-state index in [4.69, 9.17) is 0 Å². The van der Waals surface area contributed by atoms with Gasteiger partial charge in [-0.25, -0.2) is 0 Å². The summed E-state index contributed by atoms with van der Waals surface area (Å²) in [7, 11) is 0. The third-order valence-corrected chi connectivity index (χ3v) is 6.97. The molecule has 21 heavy (non-hydrogen) atoms. The molecule has 2 aliphatic carbocycles. The van der Waals surface area contributed by atoms with Crippen molar-refractivity contribution in [3.63, 3.8) is 0 Å². The molecule has 0 amide bonds. The monoisotopic (exact) mass is 293 g/mol. The Hall–Kier alpha value is -0.0800. The quantitative estimate of drug-likeness (QED) is 0.824. The lowest BCUT2D eigenvalue weighted by Gasteiger charge is -2.47. The predicted molar refractivity (Wildman–Crippen MR) is 88.3 cm³/mol. The Morgan fingerprint density at radius 3 is 2.24 bits per heavy atom. The topological polar surface area (TPSA) is 23.5 Å². The van der Waals surface area contributed by atoms with Gasteiger partial charge in [0.25, 0.3) is 0 Å². The summed E-state index contributed by atoms with van der Waals surface area (Å²) in [5.41, 5.74) is 0.836.